The number of quaternary nitrogens is 1. The number of carbonyl (C=O) groups excluding carboxylic acids is 1. The fraction of sp³-hybridized carbons (Fsp3) is 0.940. The van der Waals surface area contributed by atoms with Crippen LogP contribution in [0.3, 0.4) is 0 Å². The van der Waals surface area contributed by atoms with Crippen molar-refractivity contribution in [1.29, 1.82) is 0 Å². The molecule has 0 aliphatic rings. The standard InChI is InChI=1S/C50H100NO7P/c1-6-8-10-12-14-16-18-20-22-24-26-27-29-31-33-35-37-39-41-43-50(52)58-49(48-57-59(53,54)56-46-44-51(3,4)5)47-55-45-42-40-38-36-34-32-30-28-25-23-21-19-17-15-13-11-9-7-2/h42,45,49H,6-41,43-44,46-48H2,1-5H3/b45-42+/t49-/m1/s1. The molecule has 0 amide bonds. The molecule has 0 saturated carbocycles. The van der Waals surface area contributed by atoms with Crippen molar-refractivity contribution in [3.05, 3.63) is 12.3 Å². The molecule has 1 unspecified atom stereocenters. The molecule has 0 heterocycles. The van der Waals surface area contributed by atoms with Crippen LogP contribution in [0.25, 0.3) is 0 Å². The molecule has 0 spiro atoms. The molecule has 0 aromatic carbocycles. The van der Waals surface area contributed by atoms with Gasteiger partial charge in [-0.2, -0.15) is 0 Å². The van der Waals surface area contributed by atoms with E-state index in [-0.39, 0.29) is 25.8 Å². The first kappa shape index (κ1) is 58.1. The number of allylic oxidation sites excluding steroid dienone is 1. The zero-order valence-electron chi connectivity index (χ0n) is 40.0. The SMILES string of the molecule is CCCCCCCCCCCCCCCCCC/C=C/OC[C@H](COP(=O)([O-])OCC[N+](C)(C)C)OC(=O)CCCCCCCCCCCCCCCCCCCCC. The predicted octanol–water partition coefficient (Wildman–Crippen LogP) is 15.1. The van der Waals surface area contributed by atoms with Gasteiger partial charge in [-0.1, -0.05) is 226 Å². The van der Waals surface area contributed by atoms with Gasteiger partial charge in [0.1, 0.15) is 19.8 Å². The summed E-state index contributed by atoms with van der Waals surface area (Å²) in [7, 11) is 1.34. The van der Waals surface area contributed by atoms with Gasteiger partial charge in [-0.15, -0.1) is 0 Å². The van der Waals surface area contributed by atoms with E-state index in [1.807, 2.05) is 27.2 Å². The topological polar surface area (TPSA) is 94.1 Å². The number of phosphoric ester groups is 1. The summed E-state index contributed by atoms with van der Waals surface area (Å²) in [5.74, 6) is -0.349. The Kier molecular flexibility index (Phi) is 43.0. The van der Waals surface area contributed by atoms with E-state index in [9.17, 15) is 14.3 Å². The van der Waals surface area contributed by atoms with Crippen LogP contribution in [0.4, 0.5) is 0 Å². The van der Waals surface area contributed by atoms with Crippen molar-refractivity contribution >= 4 is 13.8 Å². The van der Waals surface area contributed by atoms with Crippen LogP contribution in [0.15, 0.2) is 12.3 Å². The van der Waals surface area contributed by atoms with Gasteiger partial charge in [0.25, 0.3) is 7.82 Å². The van der Waals surface area contributed by atoms with E-state index >= 15 is 0 Å². The summed E-state index contributed by atoms with van der Waals surface area (Å²) in [6, 6.07) is 0. The van der Waals surface area contributed by atoms with Crippen molar-refractivity contribution in [1.82, 2.24) is 0 Å². The summed E-state index contributed by atoms with van der Waals surface area (Å²) in [5, 5.41) is 0. The summed E-state index contributed by atoms with van der Waals surface area (Å²) < 4.78 is 34.5. The number of carbonyl (C=O) groups is 1. The third kappa shape index (κ3) is 48.0. The highest BCUT2D eigenvalue weighted by Crippen LogP contribution is 2.38. The van der Waals surface area contributed by atoms with Crippen LogP contribution in [-0.2, 0) is 27.9 Å². The number of ether oxygens (including phenoxy) is 2. The van der Waals surface area contributed by atoms with Crippen molar-refractivity contribution < 1.29 is 37.3 Å². The molecule has 0 rings (SSSR count). The lowest BCUT2D eigenvalue weighted by molar-refractivity contribution is -0.870. The number of phosphoric acid groups is 1. The largest absolute Gasteiger partial charge is 0.756 e. The second-order valence-electron chi connectivity index (χ2n) is 18.6. The summed E-state index contributed by atoms with van der Waals surface area (Å²) in [5.41, 5.74) is 0. The number of hydrogen-bond donors (Lipinski definition) is 0. The second-order valence-corrected chi connectivity index (χ2v) is 20.0. The Morgan fingerprint density at radius 3 is 1.25 bits per heavy atom. The summed E-state index contributed by atoms with van der Waals surface area (Å²) >= 11 is 0. The average molecular weight is 858 g/mol. The molecule has 9 heteroatoms. The fourth-order valence-corrected chi connectivity index (χ4v) is 8.18. The molecule has 0 aromatic heterocycles. The van der Waals surface area contributed by atoms with E-state index in [0.717, 1.165) is 32.1 Å². The smallest absolute Gasteiger partial charge is 0.306 e. The van der Waals surface area contributed by atoms with E-state index in [2.05, 4.69) is 13.8 Å². The maximum atomic E-state index is 12.7. The number of unbranched alkanes of at least 4 members (excludes halogenated alkanes) is 34. The van der Waals surface area contributed by atoms with Crippen molar-refractivity contribution in [3.8, 4) is 0 Å². The predicted molar refractivity (Wildman–Crippen MR) is 250 cm³/mol. The Morgan fingerprint density at radius 1 is 0.525 bits per heavy atom. The molecule has 0 aliphatic carbocycles. The number of nitrogens with zero attached hydrogens (tertiary/aromatic N) is 1. The minimum atomic E-state index is -4.54. The van der Waals surface area contributed by atoms with Gasteiger partial charge in [0.15, 0.2) is 6.10 Å². The van der Waals surface area contributed by atoms with Crippen molar-refractivity contribution in [2.24, 2.45) is 0 Å². The maximum Gasteiger partial charge on any atom is 0.306 e. The average Bonchev–Trinajstić information content (AvgIpc) is 3.19. The van der Waals surface area contributed by atoms with Crippen LogP contribution in [0, 0.1) is 0 Å². The molecular formula is C50H100NO7P. The van der Waals surface area contributed by atoms with Gasteiger partial charge < -0.3 is 27.9 Å². The third-order valence-corrected chi connectivity index (χ3v) is 12.4. The van der Waals surface area contributed by atoms with Crippen molar-refractivity contribution in [2.75, 3.05) is 47.5 Å². The summed E-state index contributed by atoms with van der Waals surface area (Å²) in [6.45, 7) is 4.79. The highest BCUT2D eigenvalue weighted by Gasteiger charge is 2.20. The number of likely N-dealkylation sites (N-methyl/N-ethyl adjacent to an activating group) is 1. The van der Waals surface area contributed by atoms with Crippen LogP contribution < -0.4 is 4.89 Å². The minimum absolute atomic E-state index is 0.0206. The zero-order valence-corrected chi connectivity index (χ0v) is 40.9. The maximum absolute atomic E-state index is 12.7. The molecule has 352 valence electrons. The van der Waals surface area contributed by atoms with Crippen molar-refractivity contribution in [3.63, 3.8) is 0 Å². The van der Waals surface area contributed by atoms with E-state index in [4.69, 9.17) is 18.5 Å². The lowest BCUT2D eigenvalue weighted by atomic mass is 10.0. The van der Waals surface area contributed by atoms with E-state index in [1.165, 1.54) is 199 Å². The molecule has 8 nitrogen and oxygen atoms in total. The van der Waals surface area contributed by atoms with Crippen molar-refractivity contribution in [2.45, 2.75) is 258 Å². The lowest BCUT2D eigenvalue weighted by Crippen LogP contribution is -2.37. The first-order chi connectivity index (χ1) is 28.6. The minimum Gasteiger partial charge on any atom is -0.756 e. The van der Waals surface area contributed by atoms with Crippen LogP contribution in [0.2, 0.25) is 0 Å². The van der Waals surface area contributed by atoms with E-state index in [1.54, 1.807) is 6.26 Å². The zero-order chi connectivity index (χ0) is 43.4. The van der Waals surface area contributed by atoms with Crippen LogP contribution in [0.5, 0.6) is 0 Å². The number of hydrogen-bond acceptors (Lipinski definition) is 7. The Balaban J connectivity index is 4.15. The van der Waals surface area contributed by atoms with Gasteiger partial charge in [-0.25, -0.2) is 0 Å². The highest BCUT2D eigenvalue weighted by molar-refractivity contribution is 7.45. The second kappa shape index (κ2) is 43.7. The molecule has 0 N–H and O–H groups in total. The Morgan fingerprint density at radius 2 is 0.881 bits per heavy atom. The van der Waals surface area contributed by atoms with E-state index in [0.29, 0.717) is 17.4 Å². The van der Waals surface area contributed by atoms with Gasteiger partial charge in [-0.3, -0.25) is 9.36 Å². The van der Waals surface area contributed by atoms with Gasteiger partial charge >= 0.3 is 5.97 Å². The molecule has 0 bridgehead atoms. The first-order valence-corrected chi connectivity index (χ1v) is 26.9. The summed E-state index contributed by atoms with van der Waals surface area (Å²) in [6.07, 6.45) is 50.4. The molecular weight excluding hydrogens is 758 g/mol. The quantitative estimate of drug-likeness (QED) is 0.0198. The van der Waals surface area contributed by atoms with Crippen LogP contribution >= 0.6 is 7.82 Å². The Labute approximate surface area is 367 Å². The van der Waals surface area contributed by atoms with Gasteiger partial charge in [0.2, 0.25) is 0 Å². The monoisotopic (exact) mass is 858 g/mol. The molecule has 2 atom stereocenters. The number of rotatable bonds is 48. The molecule has 0 fully saturated rings. The molecule has 0 saturated heterocycles. The first-order valence-electron chi connectivity index (χ1n) is 25.5. The van der Waals surface area contributed by atoms with Gasteiger partial charge in [-0.05, 0) is 25.3 Å². The Hall–Kier alpha value is -0.920. The fourth-order valence-electron chi connectivity index (χ4n) is 7.46. The van der Waals surface area contributed by atoms with Gasteiger partial charge in [0.05, 0.1) is 34.0 Å². The summed E-state index contributed by atoms with van der Waals surface area (Å²) in [4.78, 5) is 25.1. The molecule has 59 heavy (non-hydrogen) atoms. The lowest BCUT2D eigenvalue weighted by Gasteiger charge is -2.28. The van der Waals surface area contributed by atoms with E-state index < -0.39 is 13.9 Å². The number of esters is 1. The van der Waals surface area contributed by atoms with Crippen LogP contribution in [-0.4, -0.2) is 64.1 Å². The van der Waals surface area contributed by atoms with Gasteiger partial charge in [0, 0.05) is 6.42 Å². The Bertz CT molecular complexity index is 956. The molecule has 0 radical (unpaired) electrons. The molecule has 0 aliphatic heterocycles. The third-order valence-electron chi connectivity index (χ3n) is 11.4. The van der Waals surface area contributed by atoms with Crippen LogP contribution in [0.1, 0.15) is 251 Å². The normalized spacial score (nSPS) is 13.6. The molecule has 0 aromatic rings. The highest BCUT2D eigenvalue weighted by atomic mass is 31.2.